The quantitative estimate of drug-likeness (QED) is 0.826. The minimum absolute atomic E-state index is 0.342. The van der Waals surface area contributed by atoms with E-state index in [0.717, 1.165) is 11.1 Å². The maximum Gasteiger partial charge on any atom is 0.333 e. The summed E-state index contributed by atoms with van der Waals surface area (Å²) in [4.78, 5) is 11.1. The highest BCUT2D eigenvalue weighted by atomic mass is 16.5. The second-order valence-corrected chi connectivity index (χ2v) is 4.75. The Bertz CT molecular complexity index is 371. The third-order valence-corrected chi connectivity index (χ3v) is 2.41. The molecular formula is C14H20O3. The Morgan fingerprint density at radius 1 is 1.41 bits per heavy atom. The van der Waals surface area contributed by atoms with Gasteiger partial charge in [0.15, 0.2) is 6.10 Å². The molecule has 0 radical (unpaired) electrons. The molecule has 0 saturated carbocycles. The summed E-state index contributed by atoms with van der Waals surface area (Å²) in [5.41, 5.74) is 2.14. The Labute approximate surface area is 102 Å². The van der Waals surface area contributed by atoms with Crippen molar-refractivity contribution in [2.24, 2.45) is 5.92 Å². The molecule has 1 N–H and O–H groups in total. The molecule has 0 aliphatic rings. The minimum Gasteiger partial charge on any atom is -0.479 e. The fraction of sp³-hybridized carbons (Fsp3) is 0.500. The summed E-state index contributed by atoms with van der Waals surface area (Å²) < 4.78 is 5.41. The van der Waals surface area contributed by atoms with E-state index in [-0.39, 0.29) is 0 Å². The number of carboxylic acids is 1. The number of aryl methyl sites for hydroxylation is 1. The smallest absolute Gasteiger partial charge is 0.333 e. The molecule has 0 bridgehead atoms. The van der Waals surface area contributed by atoms with Crippen LogP contribution in [0, 0.1) is 12.8 Å². The van der Waals surface area contributed by atoms with Crippen LogP contribution in [-0.2, 0) is 16.0 Å². The first-order valence-corrected chi connectivity index (χ1v) is 5.89. The number of benzene rings is 1. The Kier molecular flexibility index (Phi) is 5.16. The van der Waals surface area contributed by atoms with Gasteiger partial charge in [0.2, 0.25) is 0 Å². The molecular weight excluding hydrogens is 216 g/mol. The molecule has 17 heavy (non-hydrogen) atoms. The summed E-state index contributed by atoms with van der Waals surface area (Å²) in [5, 5.41) is 9.09. The zero-order valence-electron chi connectivity index (χ0n) is 10.6. The van der Waals surface area contributed by atoms with Crippen LogP contribution in [0.15, 0.2) is 24.3 Å². The number of rotatable bonds is 6. The molecule has 1 aromatic carbocycles. The third-order valence-electron chi connectivity index (χ3n) is 2.41. The number of ether oxygens (including phenoxy) is 1. The molecule has 0 saturated heterocycles. The van der Waals surface area contributed by atoms with Crippen LogP contribution >= 0.6 is 0 Å². The van der Waals surface area contributed by atoms with Crippen LogP contribution in [0.1, 0.15) is 25.0 Å². The number of hydrogen-bond acceptors (Lipinski definition) is 2. The third kappa shape index (κ3) is 5.00. The molecule has 3 heteroatoms. The Balaban J connectivity index is 2.63. The molecule has 0 amide bonds. The molecule has 0 unspecified atom stereocenters. The predicted octanol–water partition coefficient (Wildman–Crippen LogP) is 2.66. The summed E-state index contributed by atoms with van der Waals surface area (Å²) in [7, 11) is 0. The van der Waals surface area contributed by atoms with E-state index < -0.39 is 12.1 Å². The van der Waals surface area contributed by atoms with Gasteiger partial charge in [0, 0.05) is 6.42 Å². The van der Waals surface area contributed by atoms with E-state index in [9.17, 15) is 4.79 Å². The Hall–Kier alpha value is -1.35. The molecule has 0 heterocycles. The summed E-state index contributed by atoms with van der Waals surface area (Å²) in [6.45, 7) is 6.48. The molecule has 0 aliphatic heterocycles. The van der Waals surface area contributed by atoms with Crippen molar-refractivity contribution in [2.45, 2.75) is 33.3 Å². The molecule has 0 aliphatic carbocycles. The minimum atomic E-state index is -0.896. The Morgan fingerprint density at radius 2 is 2.12 bits per heavy atom. The van der Waals surface area contributed by atoms with Crippen LogP contribution in [0.2, 0.25) is 0 Å². The molecule has 0 fully saturated rings. The maximum absolute atomic E-state index is 11.1. The van der Waals surface area contributed by atoms with Crippen molar-refractivity contribution >= 4 is 5.97 Å². The molecule has 0 spiro atoms. The number of aliphatic carboxylic acids is 1. The van der Waals surface area contributed by atoms with Crippen LogP contribution in [0.4, 0.5) is 0 Å². The van der Waals surface area contributed by atoms with Gasteiger partial charge in [0.1, 0.15) is 0 Å². The largest absolute Gasteiger partial charge is 0.479 e. The lowest BCUT2D eigenvalue weighted by Crippen LogP contribution is -2.28. The zero-order valence-corrected chi connectivity index (χ0v) is 10.6. The number of hydrogen-bond donors (Lipinski definition) is 1. The van der Waals surface area contributed by atoms with E-state index in [0.29, 0.717) is 18.9 Å². The van der Waals surface area contributed by atoms with E-state index in [4.69, 9.17) is 9.84 Å². The summed E-state index contributed by atoms with van der Waals surface area (Å²) >= 11 is 0. The Morgan fingerprint density at radius 3 is 2.65 bits per heavy atom. The van der Waals surface area contributed by atoms with Crippen molar-refractivity contribution in [2.75, 3.05) is 6.61 Å². The van der Waals surface area contributed by atoms with Crippen molar-refractivity contribution in [3.05, 3.63) is 35.4 Å². The second-order valence-electron chi connectivity index (χ2n) is 4.75. The number of carboxylic acid groups (broad SMARTS) is 1. The normalized spacial score (nSPS) is 12.7. The highest BCUT2D eigenvalue weighted by molar-refractivity contribution is 5.72. The van der Waals surface area contributed by atoms with Gasteiger partial charge in [-0.05, 0) is 18.4 Å². The van der Waals surface area contributed by atoms with Crippen molar-refractivity contribution in [3.63, 3.8) is 0 Å². The van der Waals surface area contributed by atoms with Gasteiger partial charge >= 0.3 is 5.97 Å². The van der Waals surface area contributed by atoms with Crippen molar-refractivity contribution in [1.82, 2.24) is 0 Å². The lowest BCUT2D eigenvalue weighted by Gasteiger charge is -2.15. The van der Waals surface area contributed by atoms with E-state index in [1.165, 1.54) is 0 Å². The van der Waals surface area contributed by atoms with Crippen LogP contribution in [0.25, 0.3) is 0 Å². The van der Waals surface area contributed by atoms with Crippen molar-refractivity contribution < 1.29 is 14.6 Å². The van der Waals surface area contributed by atoms with Crippen molar-refractivity contribution in [3.8, 4) is 0 Å². The van der Waals surface area contributed by atoms with Gasteiger partial charge in [-0.2, -0.15) is 0 Å². The average molecular weight is 236 g/mol. The zero-order chi connectivity index (χ0) is 12.8. The van der Waals surface area contributed by atoms with E-state index in [1.807, 2.05) is 45.0 Å². The van der Waals surface area contributed by atoms with Gasteiger partial charge in [0.25, 0.3) is 0 Å². The molecule has 94 valence electrons. The molecule has 3 nitrogen and oxygen atoms in total. The van der Waals surface area contributed by atoms with Crippen LogP contribution in [-0.4, -0.2) is 23.8 Å². The molecule has 1 rings (SSSR count). The van der Waals surface area contributed by atoms with E-state index >= 15 is 0 Å². The molecule has 0 aromatic heterocycles. The van der Waals surface area contributed by atoms with Gasteiger partial charge in [-0.15, -0.1) is 0 Å². The van der Waals surface area contributed by atoms with Gasteiger partial charge in [-0.1, -0.05) is 43.7 Å². The van der Waals surface area contributed by atoms with Gasteiger partial charge in [-0.3, -0.25) is 0 Å². The van der Waals surface area contributed by atoms with Gasteiger partial charge in [-0.25, -0.2) is 4.79 Å². The van der Waals surface area contributed by atoms with Crippen LogP contribution < -0.4 is 0 Å². The van der Waals surface area contributed by atoms with Crippen LogP contribution in [0.3, 0.4) is 0 Å². The lowest BCUT2D eigenvalue weighted by atomic mass is 10.1. The van der Waals surface area contributed by atoms with E-state index in [1.54, 1.807) is 0 Å². The summed E-state index contributed by atoms with van der Waals surface area (Å²) in [6.07, 6.45) is -0.330. The first-order valence-electron chi connectivity index (χ1n) is 5.89. The predicted molar refractivity (Wildman–Crippen MR) is 67.1 cm³/mol. The van der Waals surface area contributed by atoms with Crippen molar-refractivity contribution in [1.29, 1.82) is 0 Å². The van der Waals surface area contributed by atoms with Crippen LogP contribution in [0.5, 0.6) is 0 Å². The SMILES string of the molecule is Cc1cccc(C[C@@H](OCC(C)C)C(=O)O)c1. The highest BCUT2D eigenvalue weighted by Crippen LogP contribution is 2.10. The first-order chi connectivity index (χ1) is 7.99. The van der Waals surface area contributed by atoms with E-state index in [2.05, 4.69) is 0 Å². The molecule has 1 aromatic rings. The molecule has 1 atom stereocenters. The van der Waals surface area contributed by atoms with Gasteiger partial charge in [0.05, 0.1) is 6.61 Å². The van der Waals surface area contributed by atoms with Gasteiger partial charge < -0.3 is 9.84 Å². The first kappa shape index (κ1) is 13.7. The second kappa shape index (κ2) is 6.40. The topological polar surface area (TPSA) is 46.5 Å². The number of carbonyl (C=O) groups is 1. The standard InChI is InChI=1S/C14H20O3/c1-10(2)9-17-13(14(15)16)8-12-6-4-5-11(3)7-12/h4-7,10,13H,8-9H2,1-3H3,(H,15,16)/t13-/m1/s1. The fourth-order valence-corrected chi connectivity index (χ4v) is 1.58. The average Bonchev–Trinajstić information content (AvgIpc) is 2.23. The fourth-order valence-electron chi connectivity index (χ4n) is 1.58. The highest BCUT2D eigenvalue weighted by Gasteiger charge is 2.19. The summed E-state index contributed by atoms with van der Waals surface area (Å²) in [5.74, 6) is -0.554. The maximum atomic E-state index is 11.1. The monoisotopic (exact) mass is 236 g/mol. The lowest BCUT2D eigenvalue weighted by molar-refractivity contribution is -0.150. The summed E-state index contributed by atoms with van der Waals surface area (Å²) in [6, 6.07) is 7.86.